The van der Waals surface area contributed by atoms with Gasteiger partial charge in [0.25, 0.3) is 0 Å². The predicted octanol–water partition coefficient (Wildman–Crippen LogP) is 2.23. The van der Waals surface area contributed by atoms with Crippen molar-refractivity contribution in [1.29, 1.82) is 0 Å². The Morgan fingerprint density at radius 3 is 2.89 bits per heavy atom. The Kier molecular flexibility index (Phi) is 3.99. The third-order valence-corrected chi connectivity index (χ3v) is 3.00. The van der Waals surface area contributed by atoms with Gasteiger partial charge >= 0.3 is 0 Å². The van der Waals surface area contributed by atoms with Crippen LogP contribution in [0.1, 0.15) is 0 Å². The van der Waals surface area contributed by atoms with Crippen LogP contribution in [0.3, 0.4) is 0 Å². The van der Waals surface area contributed by atoms with E-state index in [0.29, 0.717) is 0 Å². The van der Waals surface area contributed by atoms with Crippen LogP contribution in [0.4, 0.5) is 11.4 Å². The maximum Gasteiger partial charge on any atom is 0.243 e. The van der Waals surface area contributed by atoms with Crippen LogP contribution in [0, 0.1) is 0 Å². The summed E-state index contributed by atoms with van der Waals surface area (Å²) in [5, 5.41) is 9.81. The lowest BCUT2D eigenvalue weighted by Gasteiger charge is -2.07. The number of carbonyl (C=O) groups excluding carboxylic acids is 1. The highest BCUT2D eigenvalue weighted by atomic mass is 79.9. The van der Waals surface area contributed by atoms with Crippen LogP contribution < -0.4 is 10.6 Å². The lowest BCUT2D eigenvalue weighted by molar-refractivity contribution is -0.114. The van der Waals surface area contributed by atoms with Gasteiger partial charge in [-0.1, -0.05) is 12.1 Å². The lowest BCUT2D eigenvalue weighted by atomic mass is 10.3. The molecule has 1 heterocycles. The first-order valence-electron chi connectivity index (χ1n) is 5.42. The summed E-state index contributed by atoms with van der Waals surface area (Å²) in [4.78, 5) is 11.7. The average molecular weight is 309 g/mol. The summed E-state index contributed by atoms with van der Waals surface area (Å²) < 4.78 is 2.54. The van der Waals surface area contributed by atoms with Crippen LogP contribution in [0.5, 0.6) is 0 Å². The Morgan fingerprint density at radius 1 is 1.44 bits per heavy atom. The lowest BCUT2D eigenvalue weighted by Crippen LogP contribution is -2.21. The Labute approximate surface area is 113 Å². The number of nitrogens with one attached hydrogen (secondary N) is 2. The standard InChI is InChI=1S/C12H13BrN4O/c1-17-8-9(6-15-17)14-7-12(18)16-11-5-3-2-4-10(11)13/h2-6,8,14H,7H2,1H3,(H,16,18). The van der Waals surface area contributed by atoms with Crippen molar-refractivity contribution >= 4 is 33.2 Å². The number of aromatic nitrogens is 2. The van der Waals surface area contributed by atoms with Crippen LogP contribution in [0.25, 0.3) is 0 Å². The third-order valence-electron chi connectivity index (χ3n) is 2.31. The Hall–Kier alpha value is -1.82. The van der Waals surface area contributed by atoms with Gasteiger partial charge in [-0.25, -0.2) is 0 Å². The van der Waals surface area contributed by atoms with E-state index in [2.05, 4.69) is 31.7 Å². The molecule has 0 radical (unpaired) electrons. The largest absolute Gasteiger partial charge is 0.374 e. The minimum Gasteiger partial charge on any atom is -0.374 e. The van der Waals surface area contributed by atoms with E-state index in [-0.39, 0.29) is 12.5 Å². The van der Waals surface area contributed by atoms with E-state index >= 15 is 0 Å². The van der Waals surface area contributed by atoms with E-state index in [1.54, 1.807) is 10.9 Å². The van der Waals surface area contributed by atoms with E-state index in [1.165, 1.54) is 0 Å². The average Bonchev–Trinajstić information content (AvgIpc) is 2.76. The summed E-state index contributed by atoms with van der Waals surface area (Å²) in [7, 11) is 1.83. The molecule has 2 aromatic rings. The van der Waals surface area contributed by atoms with Crippen molar-refractivity contribution in [2.24, 2.45) is 7.05 Å². The molecule has 0 aliphatic rings. The predicted molar refractivity (Wildman–Crippen MR) is 74.5 cm³/mol. The fourth-order valence-corrected chi connectivity index (χ4v) is 1.84. The first-order chi connectivity index (χ1) is 8.65. The first kappa shape index (κ1) is 12.6. The fourth-order valence-electron chi connectivity index (χ4n) is 1.45. The molecule has 94 valence electrons. The molecule has 2 rings (SSSR count). The zero-order valence-corrected chi connectivity index (χ0v) is 11.4. The highest BCUT2D eigenvalue weighted by Gasteiger charge is 2.05. The van der Waals surface area contributed by atoms with E-state index in [1.807, 2.05) is 37.5 Å². The van der Waals surface area contributed by atoms with Crippen molar-refractivity contribution in [3.05, 3.63) is 41.1 Å². The molecule has 0 spiro atoms. The zero-order chi connectivity index (χ0) is 13.0. The van der Waals surface area contributed by atoms with Crippen molar-refractivity contribution in [2.45, 2.75) is 0 Å². The quantitative estimate of drug-likeness (QED) is 0.910. The second-order valence-corrected chi connectivity index (χ2v) is 4.64. The molecule has 0 aliphatic carbocycles. The van der Waals surface area contributed by atoms with Gasteiger partial charge in [-0.2, -0.15) is 5.10 Å². The molecular formula is C12H13BrN4O. The van der Waals surface area contributed by atoms with Gasteiger partial charge in [-0.15, -0.1) is 0 Å². The Bertz CT molecular complexity index is 553. The minimum atomic E-state index is -0.106. The Morgan fingerprint density at radius 2 is 2.22 bits per heavy atom. The molecule has 18 heavy (non-hydrogen) atoms. The molecule has 0 bridgehead atoms. The van der Waals surface area contributed by atoms with Gasteiger partial charge in [0.15, 0.2) is 0 Å². The molecule has 0 fully saturated rings. The molecule has 6 heteroatoms. The number of para-hydroxylation sites is 1. The van der Waals surface area contributed by atoms with Gasteiger partial charge < -0.3 is 10.6 Å². The summed E-state index contributed by atoms with van der Waals surface area (Å²) in [5.41, 5.74) is 1.58. The van der Waals surface area contributed by atoms with Crippen LogP contribution in [-0.4, -0.2) is 22.2 Å². The summed E-state index contributed by atoms with van der Waals surface area (Å²) in [5.74, 6) is -0.106. The van der Waals surface area contributed by atoms with Gasteiger partial charge in [-0.05, 0) is 28.1 Å². The monoisotopic (exact) mass is 308 g/mol. The number of aryl methyl sites for hydroxylation is 1. The molecule has 0 atom stereocenters. The van der Waals surface area contributed by atoms with Crippen molar-refractivity contribution in [3.63, 3.8) is 0 Å². The summed E-state index contributed by atoms with van der Waals surface area (Å²) in [6.07, 6.45) is 3.48. The summed E-state index contributed by atoms with van der Waals surface area (Å²) in [6.45, 7) is 0.201. The molecule has 0 aliphatic heterocycles. The SMILES string of the molecule is Cn1cc(NCC(=O)Nc2ccccc2Br)cn1. The third kappa shape index (κ3) is 3.33. The number of amides is 1. The molecule has 1 amide bonds. The second kappa shape index (κ2) is 5.68. The smallest absolute Gasteiger partial charge is 0.243 e. The maximum atomic E-state index is 11.7. The van der Waals surface area contributed by atoms with Crippen LogP contribution in [-0.2, 0) is 11.8 Å². The number of nitrogens with zero attached hydrogens (tertiary/aromatic N) is 2. The molecule has 0 saturated carbocycles. The van der Waals surface area contributed by atoms with E-state index in [0.717, 1.165) is 15.8 Å². The van der Waals surface area contributed by atoms with Gasteiger partial charge in [-0.3, -0.25) is 9.48 Å². The van der Waals surface area contributed by atoms with E-state index < -0.39 is 0 Å². The molecular weight excluding hydrogens is 296 g/mol. The van der Waals surface area contributed by atoms with Gasteiger partial charge in [0, 0.05) is 17.7 Å². The maximum absolute atomic E-state index is 11.7. The normalized spacial score (nSPS) is 10.1. The minimum absolute atomic E-state index is 0.106. The van der Waals surface area contributed by atoms with Gasteiger partial charge in [0.1, 0.15) is 0 Å². The van der Waals surface area contributed by atoms with Crippen LogP contribution >= 0.6 is 15.9 Å². The van der Waals surface area contributed by atoms with Gasteiger partial charge in [0.05, 0.1) is 24.1 Å². The summed E-state index contributed by atoms with van der Waals surface area (Å²) in [6, 6.07) is 7.48. The van der Waals surface area contributed by atoms with Crippen LogP contribution in [0.15, 0.2) is 41.1 Å². The van der Waals surface area contributed by atoms with Gasteiger partial charge in [0.2, 0.25) is 5.91 Å². The van der Waals surface area contributed by atoms with Crippen molar-refractivity contribution in [2.75, 3.05) is 17.2 Å². The van der Waals surface area contributed by atoms with E-state index in [4.69, 9.17) is 0 Å². The van der Waals surface area contributed by atoms with E-state index in [9.17, 15) is 4.79 Å². The number of benzene rings is 1. The first-order valence-corrected chi connectivity index (χ1v) is 6.21. The Balaban J connectivity index is 1.88. The van der Waals surface area contributed by atoms with Crippen molar-refractivity contribution in [3.8, 4) is 0 Å². The molecule has 0 unspecified atom stereocenters. The highest BCUT2D eigenvalue weighted by molar-refractivity contribution is 9.10. The highest BCUT2D eigenvalue weighted by Crippen LogP contribution is 2.20. The molecule has 2 N–H and O–H groups in total. The van der Waals surface area contributed by atoms with Crippen molar-refractivity contribution in [1.82, 2.24) is 9.78 Å². The zero-order valence-electron chi connectivity index (χ0n) is 9.85. The molecule has 1 aromatic heterocycles. The van der Waals surface area contributed by atoms with Crippen LogP contribution in [0.2, 0.25) is 0 Å². The molecule has 5 nitrogen and oxygen atoms in total. The molecule has 1 aromatic carbocycles. The number of rotatable bonds is 4. The number of halogens is 1. The number of carbonyl (C=O) groups is 1. The topological polar surface area (TPSA) is 59.0 Å². The number of anilines is 2. The number of hydrogen-bond acceptors (Lipinski definition) is 3. The number of hydrogen-bond donors (Lipinski definition) is 2. The molecule has 0 saturated heterocycles. The second-order valence-electron chi connectivity index (χ2n) is 3.78. The summed E-state index contributed by atoms with van der Waals surface area (Å²) >= 11 is 3.38. The van der Waals surface area contributed by atoms with Crippen molar-refractivity contribution < 1.29 is 4.79 Å². The fraction of sp³-hybridized carbons (Fsp3) is 0.167.